The van der Waals surface area contributed by atoms with Crippen LogP contribution in [0.15, 0.2) is 36.4 Å². The molecule has 1 fully saturated rings. The molecule has 1 aliphatic heterocycles. The third-order valence-corrected chi connectivity index (χ3v) is 5.35. The van der Waals surface area contributed by atoms with Gasteiger partial charge in [0.15, 0.2) is 0 Å². The van der Waals surface area contributed by atoms with E-state index in [1.54, 1.807) is 7.11 Å². The summed E-state index contributed by atoms with van der Waals surface area (Å²) in [6.07, 6.45) is 1.94. The lowest BCUT2D eigenvalue weighted by Gasteiger charge is -2.36. The summed E-state index contributed by atoms with van der Waals surface area (Å²) in [5.41, 5.74) is 0.817. The molecule has 0 spiro atoms. The number of rotatable bonds is 8. The second-order valence-electron chi connectivity index (χ2n) is 7.62. The summed E-state index contributed by atoms with van der Waals surface area (Å²) < 4.78 is 11.2. The van der Waals surface area contributed by atoms with Crippen LogP contribution in [0.2, 0.25) is 0 Å². The molecule has 1 atom stereocenters. The number of piperidine rings is 1. The van der Waals surface area contributed by atoms with Gasteiger partial charge < -0.3 is 19.5 Å². The second-order valence-corrected chi connectivity index (χ2v) is 7.62. The SMILES string of the molecule is COc1ccc2cc(C(C(=O)O)N3CCC(OCCN(C)C)CC3)ccc2c1. The van der Waals surface area contributed by atoms with E-state index in [1.807, 2.05) is 50.5 Å². The third kappa shape index (κ3) is 5.01. The van der Waals surface area contributed by atoms with Crippen molar-refractivity contribution in [2.75, 3.05) is 47.4 Å². The number of fused-ring (bicyclic) bond motifs is 1. The molecule has 1 heterocycles. The van der Waals surface area contributed by atoms with Gasteiger partial charge in [-0.25, -0.2) is 0 Å². The number of likely N-dealkylation sites (tertiary alicyclic amines) is 1. The zero-order valence-corrected chi connectivity index (χ0v) is 16.9. The quantitative estimate of drug-likeness (QED) is 0.753. The van der Waals surface area contributed by atoms with Crippen molar-refractivity contribution in [2.45, 2.75) is 25.0 Å². The Morgan fingerprint density at radius 2 is 1.86 bits per heavy atom. The number of ether oxygens (including phenoxy) is 2. The maximum atomic E-state index is 12.1. The monoisotopic (exact) mass is 386 g/mol. The van der Waals surface area contributed by atoms with Gasteiger partial charge in [-0.3, -0.25) is 9.69 Å². The standard InChI is InChI=1S/C22H30N2O4/c1-23(2)12-13-28-19-8-10-24(11-9-19)21(22(25)26)18-5-4-17-15-20(27-3)7-6-16(17)14-18/h4-7,14-15,19,21H,8-13H2,1-3H3,(H,25,26). The molecule has 6 heteroatoms. The molecule has 1 aliphatic rings. The molecule has 1 unspecified atom stereocenters. The lowest BCUT2D eigenvalue weighted by molar-refractivity contribution is -0.144. The first-order valence-electron chi connectivity index (χ1n) is 9.79. The number of hydrogen-bond donors (Lipinski definition) is 1. The van der Waals surface area contributed by atoms with Gasteiger partial charge in [0.2, 0.25) is 0 Å². The van der Waals surface area contributed by atoms with Gasteiger partial charge in [-0.2, -0.15) is 0 Å². The van der Waals surface area contributed by atoms with Gasteiger partial charge in [-0.1, -0.05) is 18.2 Å². The number of carbonyl (C=O) groups is 1. The fourth-order valence-electron chi connectivity index (χ4n) is 3.75. The maximum Gasteiger partial charge on any atom is 0.325 e. The van der Waals surface area contributed by atoms with Gasteiger partial charge in [-0.05, 0) is 61.5 Å². The zero-order valence-electron chi connectivity index (χ0n) is 16.9. The van der Waals surface area contributed by atoms with E-state index in [9.17, 15) is 9.90 Å². The average Bonchev–Trinajstić information content (AvgIpc) is 2.68. The zero-order chi connectivity index (χ0) is 20.1. The van der Waals surface area contributed by atoms with Crippen LogP contribution in [-0.4, -0.2) is 74.4 Å². The Hall–Kier alpha value is -2.15. The molecular formula is C22H30N2O4. The van der Waals surface area contributed by atoms with E-state index in [2.05, 4.69) is 9.80 Å². The van der Waals surface area contributed by atoms with Crippen LogP contribution in [0.25, 0.3) is 10.8 Å². The smallest absolute Gasteiger partial charge is 0.325 e. The minimum atomic E-state index is -0.806. The maximum absolute atomic E-state index is 12.1. The molecule has 0 aliphatic carbocycles. The van der Waals surface area contributed by atoms with Gasteiger partial charge in [0.1, 0.15) is 11.8 Å². The lowest BCUT2D eigenvalue weighted by Crippen LogP contribution is -2.42. The molecule has 0 saturated carbocycles. The van der Waals surface area contributed by atoms with Crippen LogP contribution >= 0.6 is 0 Å². The van der Waals surface area contributed by atoms with Crippen LogP contribution in [0.5, 0.6) is 5.75 Å². The van der Waals surface area contributed by atoms with Crippen LogP contribution in [0.4, 0.5) is 0 Å². The summed E-state index contributed by atoms with van der Waals surface area (Å²) in [5.74, 6) is -0.00814. The van der Waals surface area contributed by atoms with E-state index >= 15 is 0 Å². The molecule has 1 saturated heterocycles. The van der Waals surface area contributed by atoms with Crippen molar-refractivity contribution >= 4 is 16.7 Å². The van der Waals surface area contributed by atoms with Gasteiger partial charge in [0.05, 0.1) is 19.8 Å². The minimum Gasteiger partial charge on any atom is -0.497 e. The number of carboxylic acids is 1. The molecule has 6 nitrogen and oxygen atoms in total. The van der Waals surface area contributed by atoms with E-state index in [-0.39, 0.29) is 6.10 Å². The number of carboxylic acid groups (broad SMARTS) is 1. The van der Waals surface area contributed by atoms with Gasteiger partial charge in [0, 0.05) is 19.6 Å². The Bertz CT molecular complexity index is 800. The second kappa shape index (κ2) is 9.37. The highest BCUT2D eigenvalue weighted by Crippen LogP contribution is 2.29. The van der Waals surface area contributed by atoms with E-state index in [1.165, 1.54) is 0 Å². The Morgan fingerprint density at radius 1 is 1.18 bits per heavy atom. The summed E-state index contributed by atoms with van der Waals surface area (Å²) in [6.45, 7) is 3.07. The number of nitrogens with zero attached hydrogens (tertiary/aromatic N) is 2. The number of hydrogen-bond acceptors (Lipinski definition) is 5. The topological polar surface area (TPSA) is 62.2 Å². The first-order valence-corrected chi connectivity index (χ1v) is 9.79. The van der Waals surface area contributed by atoms with Gasteiger partial charge in [-0.15, -0.1) is 0 Å². The Balaban J connectivity index is 1.69. The normalized spacial score (nSPS) is 17.1. The van der Waals surface area contributed by atoms with Crippen molar-refractivity contribution in [3.8, 4) is 5.75 Å². The summed E-state index contributed by atoms with van der Waals surface area (Å²) in [4.78, 5) is 16.2. The summed E-state index contributed by atoms with van der Waals surface area (Å²) in [5, 5.41) is 12.0. The number of aliphatic carboxylic acids is 1. The van der Waals surface area contributed by atoms with Crippen LogP contribution in [0.3, 0.4) is 0 Å². The Kier molecular flexibility index (Phi) is 6.88. The van der Waals surface area contributed by atoms with Crippen molar-refractivity contribution in [3.63, 3.8) is 0 Å². The lowest BCUT2D eigenvalue weighted by atomic mass is 9.98. The van der Waals surface area contributed by atoms with Gasteiger partial charge in [0.25, 0.3) is 0 Å². The van der Waals surface area contributed by atoms with Crippen LogP contribution in [0.1, 0.15) is 24.4 Å². The Morgan fingerprint density at radius 3 is 2.50 bits per heavy atom. The average molecular weight is 386 g/mol. The predicted octanol–water partition coefficient (Wildman–Crippen LogP) is 3.02. The molecule has 1 N–H and O–H groups in total. The fourth-order valence-corrected chi connectivity index (χ4v) is 3.75. The minimum absolute atomic E-state index is 0.217. The number of likely N-dealkylation sites (N-methyl/N-ethyl adjacent to an activating group) is 1. The van der Waals surface area contributed by atoms with E-state index in [0.29, 0.717) is 6.61 Å². The predicted molar refractivity (Wildman–Crippen MR) is 110 cm³/mol. The molecule has 0 aromatic heterocycles. The van der Waals surface area contributed by atoms with Crippen molar-refractivity contribution in [1.29, 1.82) is 0 Å². The first kappa shape index (κ1) is 20.6. The van der Waals surface area contributed by atoms with Crippen LogP contribution < -0.4 is 4.74 Å². The first-order chi connectivity index (χ1) is 13.5. The highest BCUT2D eigenvalue weighted by Gasteiger charge is 2.31. The summed E-state index contributed by atoms with van der Waals surface area (Å²) >= 11 is 0. The van der Waals surface area contributed by atoms with Crippen LogP contribution in [0, 0.1) is 0 Å². The molecule has 0 amide bonds. The van der Waals surface area contributed by atoms with E-state index < -0.39 is 12.0 Å². The molecule has 0 bridgehead atoms. The molecule has 2 aromatic rings. The van der Waals surface area contributed by atoms with Crippen molar-refractivity contribution in [3.05, 3.63) is 42.0 Å². The molecule has 152 valence electrons. The fraction of sp³-hybridized carbons (Fsp3) is 0.500. The molecule has 3 rings (SSSR count). The highest BCUT2D eigenvalue weighted by atomic mass is 16.5. The molecule has 0 radical (unpaired) electrons. The third-order valence-electron chi connectivity index (χ3n) is 5.35. The van der Waals surface area contributed by atoms with Crippen LogP contribution in [-0.2, 0) is 9.53 Å². The van der Waals surface area contributed by atoms with Crippen molar-refractivity contribution < 1.29 is 19.4 Å². The van der Waals surface area contributed by atoms with E-state index in [0.717, 1.165) is 54.6 Å². The number of methoxy groups -OCH3 is 1. The van der Waals surface area contributed by atoms with Crippen molar-refractivity contribution in [1.82, 2.24) is 9.80 Å². The summed E-state index contributed by atoms with van der Waals surface area (Å²) in [6, 6.07) is 11.1. The molecule has 2 aromatic carbocycles. The van der Waals surface area contributed by atoms with E-state index in [4.69, 9.17) is 9.47 Å². The molecule has 28 heavy (non-hydrogen) atoms. The molecular weight excluding hydrogens is 356 g/mol. The summed E-state index contributed by atoms with van der Waals surface area (Å²) in [7, 11) is 5.70. The number of benzene rings is 2. The highest BCUT2D eigenvalue weighted by molar-refractivity contribution is 5.86. The van der Waals surface area contributed by atoms with Crippen molar-refractivity contribution in [2.24, 2.45) is 0 Å². The Labute approximate surface area is 166 Å². The largest absolute Gasteiger partial charge is 0.497 e. The van der Waals surface area contributed by atoms with Gasteiger partial charge >= 0.3 is 5.97 Å².